The maximum atomic E-state index is 12.5. The number of nitrogens with two attached hydrogens (primary N) is 2. The van der Waals surface area contributed by atoms with E-state index in [0.717, 1.165) is 11.7 Å². The highest BCUT2D eigenvalue weighted by Crippen LogP contribution is 2.60. The summed E-state index contributed by atoms with van der Waals surface area (Å²) in [7, 11) is -10.7. The van der Waals surface area contributed by atoms with Gasteiger partial charge in [-0.15, -0.1) is 0 Å². The Kier molecular flexibility index (Phi) is 8.85. The monoisotopic (exact) mass is 686 g/mol. The maximum absolute atomic E-state index is 12.5. The Morgan fingerprint density at radius 3 is 2.28 bits per heavy atom. The van der Waals surface area contributed by atoms with Crippen LogP contribution in [0.25, 0.3) is 21.9 Å². The lowest BCUT2D eigenvalue weighted by atomic mass is 10.1. The molecule has 0 bridgehead atoms. The Hall–Kier alpha value is -3.20. The van der Waals surface area contributed by atoms with Crippen LogP contribution < -0.4 is 16.0 Å². The lowest BCUT2D eigenvalue weighted by Crippen LogP contribution is -2.45. The third kappa shape index (κ3) is 6.36. The molecule has 4 aromatic rings. The number of nitrogens with zero attached hydrogens (tertiary/aromatic N) is 5. The minimum Gasteiger partial charge on any atom is -0.398 e. The van der Waals surface area contributed by atoms with Gasteiger partial charge in [0.2, 0.25) is 0 Å². The predicted molar refractivity (Wildman–Crippen MR) is 153 cm³/mol. The second-order valence-corrected chi connectivity index (χ2v) is 13.6. The van der Waals surface area contributed by atoms with Crippen molar-refractivity contribution in [1.29, 1.82) is 0 Å². The molecule has 1 aromatic carbocycles. The summed E-state index contributed by atoms with van der Waals surface area (Å²) >= 11 is 0. The average Bonchev–Trinajstić information content (AvgIpc) is 3.65. The molecule has 0 aliphatic carbocycles. The number of rotatable bonds is 10. The number of aliphatic hydroxyl groups excluding tert-OH is 4. The lowest BCUT2D eigenvalue weighted by Gasteiger charge is -2.20. The molecule has 22 heteroatoms. The summed E-state index contributed by atoms with van der Waals surface area (Å²) < 4.78 is 52.8. The van der Waals surface area contributed by atoms with E-state index >= 15 is 0 Å². The highest BCUT2D eigenvalue weighted by molar-refractivity contribution is 7.61. The fourth-order valence-corrected chi connectivity index (χ4v) is 7.28. The van der Waals surface area contributed by atoms with Crippen LogP contribution in [-0.4, -0.2) is 99.6 Å². The molecule has 46 heavy (non-hydrogen) atoms. The third-order valence-electron chi connectivity index (χ3n) is 7.52. The highest BCUT2D eigenvalue weighted by atomic mass is 31.3. The van der Waals surface area contributed by atoms with Crippen molar-refractivity contribution in [3.63, 3.8) is 0 Å². The molecule has 10 N–H and O–H groups in total. The summed E-state index contributed by atoms with van der Waals surface area (Å²) in [5.74, 6) is 0.0603. The van der Waals surface area contributed by atoms with E-state index in [1.54, 1.807) is 30.6 Å². The fraction of sp³-hybridized carbons (Fsp3) is 0.417. The number of hydrogen-bond donors (Lipinski definition) is 8. The number of nitrogen functional groups attached to an aromatic ring is 2. The molecule has 2 fully saturated rings. The highest BCUT2D eigenvalue weighted by Gasteiger charge is 2.50. The average molecular weight is 686 g/mol. The largest absolute Gasteiger partial charge is 0.481 e. The number of fused-ring (bicyclic) bond motifs is 2. The van der Waals surface area contributed by atoms with Gasteiger partial charge in [0.1, 0.15) is 42.4 Å². The minimum absolute atomic E-state index is 0.0603. The zero-order valence-electron chi connectivity index (χ0n) is 23.5. The number of aromatic nitrogens is 5. The molecule has 2 saturated heterocycles. The summed E-state index contributed by atoms with van der Waals surface area (Å²) in [6, 6.07) is 7.00. The van der Waals surface area contributed by atoms with Gasteiger partial charge < -0.3 is 51.2 Å². The first-order chi connectivity index (χ1) is 21.7. The van der Waals surface area contributed by atoms with Gasteiger partial charge in [0.15, 0.2) is 36.2 Å². The lowest BCUT2D eigenvalue weighted by molar-refractivity contribution is -0.764. The molecule has 3 aromatic heterocycles. The van der Waals surface area contributed by atoms with Crippen molar-refractivity contribution in [3.05, 3.63) is 49.3 Å². The molecule has 0 amide bonds. The van der Waals surface area contributed by atoms with Crippen molar-refractivity contribution >= 4 is 49.1 Å². The summed E-state index contributed by atoms with van der Waals surface area (Å²) in [6.45, 7) is -1.72. The predicted octanol–water partition coefficient (Wildman–Crippen LogP) is -1.38. The Bertz CT molecular complexity index is 1850. The van der Waals surface area contributed by atoms with Gasteiger partial charge in [-0.2, -0.15) is 8.88 Å². The van der Waals surface area contributed by atoms with E-state index < -0.39 is 77.9 Å². The summed E-state index contributed by atoms with van der Waals surface area (Å²) in [5.41, 5.74) is 12.6. The zero-order chi connectivity index (χ0) is 33.0. The summed E-state index contributed by atoms with van der Waals surface area (Å²) in [4.78, 5) is 32.1. The molecule has 5 heterocycles. The van der Waals surface area contributed by atoms with Crippen LogP contribution >= 0.6 is 15.6 Å². The summed E-state index contributed by atoms with van der Waals surface area (Å²) in [5, 5.41) is 43.5. The Morgan fingerprint density at radius 2 is 1.57 bits per heavy atom. The number of aliphatic hydroxyl groups is 4. The van der Waals surface area contributed by atoms with E-state index in [4.69, 9.17) is 30.0 Å². The van der Waals surface area contributed by atoms with Crippen LogP contribution in [0.1, 0.15) is 12.5 Å². The normalized spacial score (nSPS) is 30.9. The van der Waals surface area contributed by atoms with Gasteiger partial charge >= 0.3 is 15.6 Å². The van der Waals surface area contributed by atoms with Gasteiger partial charge in [-0.1, -0.05) is 12.1 Å². The van der Waals surface area contributed by atoms with Gasteiger partial charge in [0, 0.05) is 11.8 Å². The molecule has 0 spiro atoms. The Labute approximate surface area is 258 Å². The second kappa shape index (κ2) is 12.4. The van der Waals surface area contributed by atoms with Crippen LogP contribution in [0.5, 0.6) is 0 Å². The molecule has 2 aliphatic rings. The van der Waals surface area contributed by atoms with Crippen LogP contribution in [0, 0.1) is 0 Å². The number of benzene rings is 1. The zero-order valence-corrected chi connectivity index (χ0v) is 25.3. The first-order valence-electron chi connectivity index (χ1n) is 13.6. The molecule has 10 atom stereocenters. The van der Waals surface area contributed by atoms with E-state index in [9.17, 15) is 39.3 Å². The molecule has 2 aliphatic heterocycles. The quantitative estimate of drug-likeness (QED) is 0.0541. The Morgan fingerprint density at radius 1 is 0.891 bits per heavy atom. The van der Waals surface area contributed by atoms with Crippen LogP contribution in [-0.2, 0) is 32.0 Å². The molecule has 6 rings (SSSR count). The molecule has 2 unspecified atom stereocenters. The number of phosphoric ester groups is 2. The van der Waals surface area contributed by atoms with Gasteiger partial charge in [0.05, 0.1) is 24.9 Å². The molecule has 0 saturated carbocycles. The van der Waals surface area contributed by atoms with Gasteiger partial charge in [-0.25, -0.2) is 24.1 Å². The van der Waals surface area contributed by atoms with Crippen molar-refractivity contribution in [2.45, 2.75) is 49.1 Å². The Balaban J connectivity index is 1.04. The maximum Gasteiger partial charge on any atom is 0.481 e. The van der Waals surface area contributed by atoms with E-state index in [0.29, 0.717) is 11.1 Å². The van der Waals surface area contributed by atoms with Crippen molar-refractivity contribution in [2.75, 3.05) is 24.7 Å². The third-order valence-corrected chi connectivity index (χ3v) is 10.1. The van der Waals surface area contributed by atoms with E-state index in [2.05, 4.69) is 19.3 Å². The standard InChI is InChI=1S/C24H29N7O13P2/c25-13-3-1-2-11-4-5-30(6-12(11)13)23-19(34)17(32)14(42-23)7-40-45(36,37)44-46(38,39)41-8-15-18(33)20(35)24(43-15)31-10-29-16-21(26)27-9-28-22(16)31/h1-6,9-10,14-15,17-20,23-25,32-35H,7-8H2,(H4,26,27,28,36,37,38,39)/p+1/t14-,15-,17-,18-,19-,20-,23-,24-/m1/s1. The number of pyridine rings is 1. The molecule has 248 valence electrons. The van der Waals surface area contributed by atoms with Crippen molar-refractivity contribution in [3.8, 4) is 0 Å². The van der Waals surface area contributed by atoms with Crippen molar-refractivity contribution in [1.82, 2.24) is 19.5 Å². The minimum atomic E-state index is -5.35. The van der Waals surface area contributed by atoms with Crippen LogP contribution in [0.2, 0.25) is 0 Å². The number of phosphoric acid groups is 2. The second-order valence-electron chi connectivity index (χ2n) is 10.5. The first-order valence-corrected chi connectivity index (χ1v) is 16.5. The number of ether oxygens (including phenoxy) is 2. The number of anilines is 2. The van der Waals surface area contributed by atoms with Gasteiger partial charge in [0.25, 0.3) is 6.23 Å². The SMILES string of the molecule is Nc1cccc2cc[n+]([C@@H]3O[C@H](COP(=O)(O)OP(=O)(O)OC[C@H]4O[C@@H](n5cnc6c(N)ncnc65)[C@H](O)[C@@H]4O)[C@@H](O)[C@H]3O)cc12. The van der Waals surface area contributed by atoms with E-state index in [-0.39, 0.29) is 17.0 Å². The van der Waals surface area contributed by atoms with Crippen LogP contribution in [0.4, 0.5) is 11.5 Å². The summed E-state index contributed by atoms with van der Waals surface area (Å²) in [6.07, 6.45) is -5.90. The molecular formula is C24H30N7O13P2+. The van der Waals surface area contributed by atoms with E-state index in [1.807, 2.05) is 6.07 Å². The molecule has 0 radical (unpaired) electrons. The molecular weight excluding hydrogens is 656 g/mol. The van der Waals surface area contributed by atoms with Gasteiger partial charge in [-0.3, -0.25) is 13.6 Å². The van der Waals surface area contributed by atoms with Crippen LogP contribution in [0.3, 0.4) is 0 Å². The number of imidazole rings is 1. The van der Waals surface area contributed by atoms with Crippen molar-refractivity contribution in [2.24, 2.45) is 0 Å². The first kappa shape index (κ1) is 32.7. The van der Waals surface area contributed by atoms with Crippen molar-refractivity contribution < 1.29 is 66.7 Å². The van der Waals surface area contributed by atoms with Crippen LogP contribution in [0.15, 0.2) is 49.3 Å². The topological polar surface area (TPSA) is 301 Å². The number of hydrogen-bond acceptors (Lipinski definition) is 16. The fourth-order valence-electron chi connectivity index (χ4n) is 5.19. The van der Waals surface area contributed by atoms with E-state index in [1.165, 1.54) is 15.5 Å². The van der Waals surface area contributed by atoms with Gasteiger partial charge in [-0.05, 0) is 11.5 Å². The smallest absolute Gasteiger partial charge is 0.398 e. The molecule has 20 nitrogen and oxygen atoms in total.